The van der Waals surface area contributed by atoms with Gasteiger partial charge in [0, 0.05) is 68.3 Å². The van der Waals surface area contributed by atoms with Crippen molar-refractivity contribution < 1.29 is 43.0 Å². The number of esters is 1. The molecule has 2 fully saturated rings. The first-order valence-electron chi connectivity index (χ1n) is 22.1. The van der Waals surface area contributed by atoms with Crippen molar-refractivity contribution in [2.24, 2.45) is 17.3 Å². The lowest BCUT2D eigenvalue weighted by Crippen LogP contribution is -2.62. The lowest BCUT2D eigenvalue weighted by atomic mass is 9.84. The topological polar surface area (TPSA) is 184 Å². The minimum atomic E-state index is -1.17. The van der Waals surface area contributed by atoms with E-state index in [-0.39, 0.29) is 55.7 Å². The van der Waals surface area contributed by atoms with Crippen molar-refractivity contribution in [2.75, 3.05) is 40.4 Å². The number of likely N-dealkylation sites (tertiary alicyclic amines) is 1. The second kappa shape index (κ2) is 19.0. The number of hydrazine groups is 1. The highest BCUT2D eigenvalue weighted by molar-refractivity contribution is 5.94. The monoisotopic (exact) mass is 876 g/mol. The summed E-state index contributed by atoms with van der Waals surface area (Å²) < 4.78 is 18.4. The number of fused-ring (bicyclic) bond motifs is 6. The average Bonchev–Trinajstić information content (AvgIpc) is 3.91. The predicted molar refractivity (Wildman–Crippen MR) is 240 cm³/mol. The molecule has 7 rings (SSSR count). The molecule has 340 valence electrons. The number of nitrogens with zero attached hydrogens (tertiary/aromatic N) is 4. The average molecular weight is 877 g/mol. The van der Waals surface area contributed by atoms with E-state index in [0.717, 1.165) is 22.1 Å². The summed E-state index contributed by atoms with van der Waals surface area (Å²) in [6.07, 6.45) is 4.43. The first kappa shape index (κ1) is 45.9. The summed E-state index contributed by atoms with van der Waals surface area (Å²) in [5, 5.41) is 16.4. The Kier molecular flexibility index (Phi) is 13.6. The van der Waals surface area contributed by atoms with Crippen LogP contribution in [-0.4, -0.2) is 113 Å². The number of furan rings is 1. The standard InChI is InChI=1S/C49H60N6O9/c1-9-41(57)54-19-16-32(26-54)46(59)53(7)43(28(2)3)45(58)51-39-22-30-20-33(23-34(56)21-30)31-14-15-40-36(24-31)37(44(64-40)35-12-10-17-50-42(35)29(4)62-8)25-49(5,6)27-63-48(61)38-13-11-18-55(52-38)47(39)60/h9-10,12,14-15,17,20-21,23-24,28-29,32,38-39,43,52,56H,1,11,13,16,18-19,22,25-27H2,2-8H3,(H,51,58)/t29-,32-,38-,39-,43-/m0/s1. The van der Waals surface area contributed by atoms with Crippen molar-refractivity contribution in [3.63, 3.8) is 0 Å². The van der Waals surface area contributed by atoms with Crippen molar-refractivity contribution in [1.29, 1.82) is 0 Å². The number of phenols is 1. The highest BCUT2D eigenvalue weighted by atomic mass is 16.5. The second-order valence-electron chi connectivity index (χ2n) is 18.5. The molecule has 3 N–H and O–H groups in total. The molecule has 3 aliphatic heterocycles. The van der Waals surface area contributed by atoms with Crippen molar-refractivity contribution in [2.45, 2.75) is 91.0 Å². The van der Waals surface area contributed by atoms with Gasteiger partial charge >= 0.3 is 5.97 Å². The van der Waals surface area contributed by atoms with Gasteiger partial charge in [0.25, 0.3) is 5.91 Å². The number of pyridine rings is 1. The fraction of sp³-hybridized carbons (Fsp3) is 0.469. The third-order valence-electron chi connectivity index (χ3n) is 12.7. The number of likely N-dealkylation sites (N-methyl/N-ethyl adjacent to an activating group) is 1. The number of hydrogen-bond donors (Lipinski definition) is 3. The van der Waals surface area contributed by atoms with Gasteiger partial charge in [-0.3, -0.25) is 34.0 Å². The second-order valence-corrected chi connectivity index (χ2v) is 18.5. The van der Waals surface area contributed by atoms with Crippen LogP contribution in [0.5, 0.6) is 5.75 Å². The molecule has 2 aromatic carbocycles. The summed E-state index contributed by atoms with van der Waals surface area (Å²) in [4.78, 5) is 76.7. The number of hydrogen-bond acceptors (Lipinski definition) is 11. The molecule has 2 saturated heterocycles. The SMILES string of the molecule is C=CC(=O)N1CC[C@H](C(=O)N(C)[C@H](C(=O)N[C@H]2Cc3cc(O)cc(c3)-c3ccc4oc(-c5cccnc5[C@H](C)OC)c(c4c3)CC(C)(C)COC(=O)[C@@H]3CCCN(N3)C2=O)C(C)C)C1. The van der Waals surface area contributed by atoms with E-state index in [4.69, 9.17) is 13.9 Å². The number of methoxy groups -OCH3 is 1. The lowest BCUT2D eigenvalue weighted by Gasteiger charge is -2.37. The van der Waals surface area contributed by atoms with Crippen LogP contribution in [0.4, 0.5) is 0 Å². The maximum Gasteiger partial charge on any atom is 0.324 e. The molecule has 0 aliphatic carbocycles. The maximum absolute atomic E-state index is 14.6. The summed E-state index contributed by atoms with van der Waals surface area (Å²) in [5.41, 5.74) is 7.54. The van der Waals surface area contributed by atoms with E-state index in [1.807, 2.05) is 71.0 Å². The van der Waals surface area contributed by atoms with Gasteiger partial charge in [-0.2, -0.15) is 0 Å². The Morgan fingerprint density at radius 2 is 1.86 bits per heavy atom. The molecular weight excluding hydrogens is 817 g/mol. The van der Waals surface area contributed by atoms with Gasteiger partial charge in [-0.15, -0.1) is 0 Å². The Morgan fingerprint density at radius 3 is 2.59 bits per heavy atom. The number of nitrogens with one attached hydrogen (secondary N) is 2. The zero-order chi connectivity index (χ0) is 46.0. The van der Waals surface area contributed by atoms with Crippen molar-refractivity contribution >= 4 is 40.6 Å². The van der Waals surface area contributed by atoms with E-state index in [9.17, 15) is 29.1 Å². The zero-order valence-corrected chi connectivity index (χ0v) is 37.8. The number of carbonyl (C=O) groups is 5. The Bertz CT molecular complexity index is 2440. The third kappa shape index (κ3) is 9.70. The Labute approximate surface area is 374 Å². The first-order chi connectivity index (χ1) is 30.5. The molecule has 3 aliphatic rings. The summed E-state index contributed by atoms with van der Waals surface area (Å²) in [5.74, 6) is -2.32. The summed E-state index contributed by atoms with van der Waals surface area (Å²) in [6, 6.07) is 11.8. The molecule has 5 atom stereocenters. The fourth-order valence-electron chi connectivity index (χ4n) is 9.26. The molecule has 0 radical (unpaired) electrons. The molecular formula is C49H60N6O9. The molecule has 15 nitrogen and oxygen atoms in total. The predicted octanol–water partition coefficient (Wildman–Crippen LogP) is 5.74. The molecule has 15 heteroatoms. The van der Waals surface area contributed by atoms with Gasteiger partial charge in [0.2, 0.25) is 17.7 Å². The van der Waals surface area contributed by atoms with Crippen LogP contribution in [0, 0.1) is 17.3 Å². The number of cyclic esters (lactones) is 1. The summed E-state index contributed by atoms with van der Waals surface area (Å²) >= 11 is 0. The van der Waals surface area contributed by atoms with Crippen LogP contribution in [-0.2, 0) is 46.3 Å². The molecule has 6 bridgehead atoms. The van der Waals surface area contributed by atoms with Crippen molar-refractivity contribution in [3.05, 3.63) is 84.2 Å². The van der Waals surface area contributed by atoms with Crippen molar-refractivity contribution in [1.82, 2.24) is 30.5 Å². The highest BCUT2D eigenvalue weighted by Gasteiger charge is 2.40. The van der Waals surface area contributed by atoms with Gasteiger partial charge in [-0.1, -0.05) is 46.4 Å². The smallest absolute Gasteiger partial charge is 0.324 e. The van der Waals surface area contributed by atoms with Crippen LogP contribution < -0.4 is 10.7 Å². The van der Waals surface area contributed by atoms with Crippen LogP contribution in [0.2, 0.25) is 0 Å². The van der Waals surface area contributed by atoms with E-state index in [1.54, 1.807) is 37.4 Å². The molecule has 0 saturated carbocycles. The largest absolute Gasteiger partial charge is 0.508 e. The maximum atomic E-state index is 14.6. The third-order valence-corrected chi connectivity index (χ3v) is 12.7. The van der Waals surface area contributed by atoms with Crippen molar-refractivity contribution in [3.8, 4) is 28.2 Å². The number of carbonyl (C=O) groups excluding carboxylic acids is 5. The van der Waals surface area contributed by atoms with Gasteiger partial charge in [0.15, 0.2) is 0 Å². The Morgan fingerprint density at radius 1 is 1.08 bits per heavy atom. The summed E-state index contributed by atoms with van der Waals surface area (Å²) in [7, 11) is 3.20. The first-order valence-corrected chi connectivity index (χ1v) is 22.1. The summed E-state index contributed by atoms with van der Waals surface area (Å²) in [6.45, 7) is 14.1. The number of aromatic hydroxyl groups is 1. The number of rotatable bonds is 9. The number of amides is 4. The van der Waals surface area contributed by atoms with Crippen LogP contribution in [0.25, 0.3) is 33.4 Å². The van der Waals surface area contributed by atoms with E-state index in [1.165, 1.54) is 16.0 Å². The van der Waals surface area contributed by atoms with Crippen LogP contribution in [0.15, 0.2) is 71.8 Å². The number of ether oxygens (including phenoxy) is 2. The Balaban J connectivity index is 1.28. The van der Waals surface area contributed by atoms with E-state index < -0.39 is 47.2 Å². The zero-order valence-electron chi connectivity index (χ0n) is 37.8. The number of phenolic OH excluding ortho intramolecular Hbond substituents is 1. The molecule has 5 heterocycles. The number of benzene rings is 2. The minimum Gasteiger partial charge on any atom is -0.508 e. The normalized spacial score (nSPS) is 21.2. The number of aromatic nitrogens is 1. The molecule has 2 aromatic heterocycles. The molecule has 4 amide bonds. The van der Waals surface area contributed by atoms with E-state index >= 15 is 0 Å². The van der Waals surface area contributed by atoms with Crippen LogP contribution >= 0.6 is 0 Å². The van der Waals surface area contributed by atoms with Crippen LogP contribution in [0.3, 0.4) is 0 Å². The molecule has 0 unspecified atom stereocenters. The quantitative estimate of drug-likeness (QED) is 0.138. The van der Waals surface area contributed by atoms with Gasteiger partial charge in [0.1, 0.15) is 35.2 Å². The molecule has 64 heavy (non-hydrogen) atoms. The van der Waals surface area contributed by atoms with Gasteiger partial charge < -0.3 is 34.1 Å². The highest BCUT2D eigenvalue weighted by Crippen LogP contribution is 2.42. The fourth-order valence-corrected chi connectivity index (χ4v) is 9.26. The van der Waals surface area contributed by atoms with E-state index in [2.05, 4.69) is 22.3 Å². The van der Waals surface area contributed by atoms with Gasteiger partial charge in [0.05, 0.1) is 24.3 Å². The molecule has 0 spiro atoms. The van der Waals surface area contributed by atoms with Gasteiger partial charge in [-0.05, 0) is 97.7 Å². The Hall–Kier alpha value is -6.06. The lowest BCUT2D eigenvalue weighted by molar-refractivity contribution is -0.155. The molecule has 4 aromatic rings. The van der Waals surface area contributed by atoms with Gasteiger partial charge in [-0.25, -0.2) is 5.43 Å². The van der Waals surface area contributed by atoms with E-state index in [0.29, 0.717) is 60.4 Å². The minimum absolute atomic E-state index is 0.0258. The van der Waals surface area contributed by atoms with Crippen LogP contribution in [0.1, 0.15) is 76.8 Å².